The van der Waals surface area contributed by atoms with Crippen molar-refractivity contribution < 1.29 is 14.3 Å². The first-order valence-corrected chi connectivity index (χ1v) is 8.79. The van der Waals surface area contributed by atoms with Gasteiger partial charge in [-0.1, -0.05) is 76.1 Å². The highest BCUT2D eigenvalue weighted by atomic mass is 16.5. The van der Waals surface area contributed by atoms with E-state index in [-0.39, 0.29) is 17.7 Å². The number of ketones is 1. The molecule has 0 N–H and O–H groups in total. The van der Waals surface area contributed by atoms with Crippen molar-refractivity contribution in [2.45, 2.75) is 71.1 Å². The van der Waals surface area contributed by atoms with Crippen molar-refractivity contribution in [2.75, 3.05) is 7.11 Å². The Hall–Kier alpha value is -1.64. The highest BCUT2D eigenvalue weighted by Crippen LogP contribution is 2.27. The van der Waals surface area contributed by atoms with Crippen molar-refractivity contribution in [3.8, 4) is 0 Å². The molecule has 1 unspecified atom stereocenters. The zero-order valence-corrected chi connectivity index (χ0v) is 14.8. The number of rotatable bonds is 11. The van der Waals surface area contributed by atoms with E-state index in [0.29, 0.717) is 5.56 Å². The lowest BCUT2D eigenvalue weighted by molar-refractivity contribution is -0.142. The molecule has 3 heteroatoms. The van der Waals surface area contributed by atoms with E-state index in [1.165, 1.54) is 39.2 Å². The van der Waals surface area contributed by atoms with Crippen molar-refractivity contribution in [1.82, 2.24) is 0 Å². The molecule has 0 saturated heterocycles. The maximum Gasteiger partial charge on any atom is 0.313 e. The van der Waals surface area contributed by atoms with Crippen LogP contribution in [0.25, 0.3) is 0 Å². The van der Waals surface area contributed by atoms with Crippen LogP contribution < -0.4 is 0 Å². The van der Waals surface area contributed by atoms with Crippen molar-refractivity contribution in [3.05, 3.63) is 35.4 Å². The highest BCUT2D eigenvalue weighted by Gasteiger charge is 2.24. The number of Topliss-reactive ketones (excluding diaryl/α,β-unsaturated/α-hetero) is 1. The lowest BCUT2D eigenvalue weighted by Crippen LogP contribution is -2.17. The van der Waals surface area contributed by atoms with Gasteiger partial charge in [0.15, 0.2) is 5.78 Å². The summed E-state index contributed by atoms with van der Waals surface area (Å²) in [5.41, 5.74) is 1.43. The first-order valence-electron chi connectivity index (χ1n) is 8.79. The van der Waals surface area contributed by atoms with Gasteiger partial charge in [0.05, 0.1) is 13.0 Å². The zero-order chi connectivity index (χ0) is 17.1. The fourth-order valence-corrected chi connectivity index (χ4v) is 2.97. The third-order valence-electron chi connectivity index (χ3n) is 4.30. The summed E-state index contributed by atoms with van der Waals surface area (Å²) in [4.78, 5) is 24.0. The zero-order valence-electron chi connectivity index (χ0n) is 14.8. The molecule has 0 saturated carbocycles. The third kappa shape index (κ3) is 6.55. The van der Waals surface area contributed by atoms with E-state index < -0.39 is 0 Å². The van der Waals surface area contributed by atoms with Crippen LogP contribution in [0, 0.1) is 0 Å². The average molecular weight is 318 g/mol. The van der Waals surface area contributed by atoms with Gasteiger partial charge in [0.25, 0.3) is 0 Å². The van der Waals surface area contributed by atoms with Crippen molar-refractivity contribution in [3.63, 3.8) is 0 Å². The summed E-state index contributed by atoms with van der Waals surface area (Å²) in [6.45, 7) is 3.76. The average Bonchev–Trinajstić information content (AvgIpc) is 2.56. The summed E-state index contributed by atoms with van der Waals surface area (Å²) in [6.07, 6.45) is 9.18. The maximum absolute atomic E-state index is 12.2. The second kappa shape index (κ2) is 11.0. The molecule has 1 aromatic rings. The largest absolute Gasteiger partial charge is 0.469 e. The number of hydrogen-bond donors (Lipinski definition) is 0. The van der Waals surface area contributed by atoms with Crippen molar-refractivity contribution in [1.29, 1.82) is 0 Å². The minimum atomic E-state index is -0.337. The molecule has 1 atom stereocenters. The minimum absolute atomic E-state index is 0.00549. The molecule has 0 amide bonds. The number of carbonyl (C=O) groups excluding carboxylic acids is 2. The smallest absolute Gasteiger partial charge is 0.313 e. The molecule has 128 valence electrons. The third-order valence-corrected chi connectivity index (χ3v) is 4.30. The van der Waals surface area contributed by atoms with Crippen LogP contribution >= 0.6 is 0 Å². The van der Waals surface area contributed by atoms with Crippen LogP contribution in [-0.4, -0.2) is 18.9 Å². The molecule has 0 fully saturated rings. The van der Waals surface area contributed by atoms with Crippen molar-refractivity contribution in [2.24, 2.45) is 0 Å². The molecule has 23 heavy (non-hydrogen) atoms. The van der Waals surface area contributed by atoms with Gasteiger partial charge in [0.2, 0.25) is 0 Å². The number of hydrogen-bond acceptors (Lipinski definition) is 3. The van der Waals surface area contributed by atoms with E-state index in [9.17, 15) is 9.59 Å². The molecule has 0 bridgehead atoms. The van der Waals surface area contributed by atoms with Gasteiger partial charge in [-0.25, -0.2) is 0 Å². The van der Waals surface area contributed by atoms with Gasteiger partial charge in [0, 0.05) is 5.56 Å². The molecule has 0 radical (unpaired) electrons. The van der Waals surface area contributed by atoms with Gasteiger partial charge >= 0.3 is 5.97 Å². The molecule has 3 nitrogen and oxygen atoms in total. The van der Waals surface area contributed by atoms with E-state index in [2.05, 4.69) is 6.92 Å². The lowest BCUT2D eigenvalue weighted by Gasteiger charge is -2.17. The van der Waals surface area contributed by atoms with Crippen LogP contribution in [0.5, 0.6) is 0 Å². The minimum Gasteiger partial charge on any atom is -0.469 e. The Morgan fingerprint density at radius 1 is 1.00 bits per heavy atom. The quantitative estimate of drug-likeness (QED) is 0.316. The number of unbranched alkanes of at least 4 members (excludes halogenated alkanes) is 6. The predicted molar refractivity (Wildman–Crippen MR) is 93.8 cm³/mol. The predicted octanol–water partition coefficient (Wildman–Crippen LogP) is 5.29. The normalized spacial score (nSPS) is 12.0. The van der Waals surface area contributed by atoms with Crippen LogP contribution in [0.4, 0.5) is 0 Å². The van der Waals surface area contributed by atoms with Crippen LogP contribution in [-0.2, 0) is 9.53 Å². The van der Waals surface area contributed by atoms with E-state index in [0.717, 1.165) is 24.8 Å². The summed E-state index contributed by atoms with van der Waals surface area (Å²) in [5, 5.41) is 0. The summed E-state index contributed by atoms with van der Waals surface area (Å²) >= 11 is 0. The molecule has 0 aliphatic rings. The molecule has 0 heterocycles. The molecule has 1 rings (SSSR count). The topological polar surface area (TPSA) is 43.4 Å². The summed E-state index contributed by atoms with van der Waals surface area (Å²) < 4.78 is 4.96. The van der Waals surface area contributed by atoms with Crippen LogP contribution in [0.2, 0.25) is 0 Å². The van der Waals surface area contributed by atoms with E-state index in [1.54, 1.807) is 13.0 Å². The number of methoxy groups -OCH3 is 1. The van der Waals surface area contributed by atoms with E-state index in [4.69, 9.17) is 4.74 Å². The SMILES string of the molecule is CCCCCCCCCC(C(=O)OC)c1ccccc1C(C)=O. The summed E-state index contributed by atoms with van der Waals surface area (Å²) in [6, 6.07) is 7.38. The highest BCUT2D eigenvalue weighted by molar-refractivity contribution is 5.97. The molecular formula is C20H30O3. The van der Waals surface area contributed by atoms with E-state index in [1.807, 2.05) is 18.2 Å². The lowest BCUT2D eigenvalue weighted by atomic mass is 9.88. The number of carbonyl (C=O) groups is 2. The van der Waals surface area contributed by atoms with E-state index >= 15 is 0 Å². The molecule has 0 aliphatic heterocycles. The first-order chi connectivity index (χ1) is 11.1. The second-order valence-electron chi connectivity index (χ2n) is 6.13. The fraction of sp³-hybridized carbons (Fsp3) is 0.600. The van der Waals surface area contributed by atoms with Gasteiger partial charge in [-0.2, -0.15) is 0 Å². The molecule has 0 spiro atoms. The molecular weight excluding hydrogens is 288 g/mol. The summed E-state index contributed by atoms with van der Waals surface area (Å²) in [5.74, 6) is -0.588. The maximum atomic E-state index is 12.2. The van der Waals surface area contributed by atoms with Crippen molar-refractivity contribution >= 4 is 11.8 Å². The standard InChI is InChI=1S/C20H30O3/c1-4-5-6-7-8-9-10-15-19(20(22)23-3)18-14-12-11-13-17(18)16(2)21/h11-14,19H,4-10,15H2,1-3H3. The molecule has 1 aromatic carbocycles. The number of benzene rings is 1. The number of ether oxygens (including phenoxy) is 1. The van der Waals surface area contributed by atoms with Gasteiger partial charge in [-0.15, -0.1) is 0 Å². The van der Waals surface area contributed by atoms with Gasteiger partial charge in [0.1, 0.15) is 0 Å². The van der Waals surface area contributed by atoms with Crippen LogP contribution in [0.3, 0.4) is 0 Å². The van der Waals surface area contributed by atoms with Gasteiger partial charge < -0.3 is 4.74 Å². The Morgan fingerprint density at radius 2 is 1.61 bits per heavy atom. The van der Waals surface area contributed by atoms with Gasteiger partial charge in [-0.05, 0) is 18.9 Å². The molecule has 0 aromatic heterocycles. The summed E-state index contributed by atoms with van der Waals surface area (Å²) in [7, 11) is 1.41. The Balaban J connectivity index is 2.64. The Kier molecular flexibility index (Phi) is 9.27. The van der Waals surface area contributed by atoms with Gasteiger partial charge in [-0.3, -0.25) is 9.59 Å². The second-order valence-corrected chi connectivity index (χ2v) is 6.13. The Bertz CT molecular complexity index is 493. The molecule has 0 aliphatic carbocycles. The monoisotopic (exact) mass is 318 g/mol. The fourth-order valence-electron chi connectivity index (χ4n) is 2.97. The first kappa shape index (κ1) is 19.4. The Labute approximate surface area is 140 Å². The van der Waals surface area contributed by atoms with Crippen LogP contribution in [0.15, 0.2) is 24.3 Å². The Morgan fingerprint density at radius 3 is 2.22 bits per heavy atom. The number of esters is 1. The van der Waals surface area contributed by atoms with Crippen LogP contribution in [0.1, 0.15) is 87.1 Å².